The molecule has 280 valence electrons. The Morgan fingerprint density at radius 1 is 0.727 bits per heavy atom. The SMILES string of the molecule is Nc1ccc(-c2ccc3c(c2)CN([C@H]2CCC(=O)NC2=O)C3=O)cc1OCCCCCOc1ccc([C@@H]2c3ccc(O)cc3CC[C@@H]2c2ccccc2)cc1. The monoisotopic (exact) mass is 735 g/mol. The maximum Gasteiger partial charge on any atom is 0.255 e. The van der Waals surface area contributed by atoms with E-state index >= 15 is 0 Å². The van der Waals surface area contributed by atoms with Crippen LogP contribution < -0.4 is 20.5 Å². The number of piperidine rings is 1. The van der Waals surface area contributed by atoms with Gasteiger partial charge in [-0.05, 0) is 132 Å². The van der Waals surface area contributed by atoms with Crippen LogP contribution in [0.15, 0.2) is 109 Å². The summed E-state index contributed by atoms with van der Waals surface area (Å²) < 4.78 is 12.3. The highest BCUT2D eigenvalue weighted by atomic mass is 16.5. The standard InChI is InChI=1S/C46H45N3O6/c47-40-20-13-32(31-11-18-39-34(25-31)28-49(46(39)53)41-21-22-43(51)48-45(41)52)27-42(40)55-24-6-2-5-23-54-36-15-9-30(10-16-36)44-37(29-7-3-1-4-8-29)17-12-33-26-35(50)14-19-38(33)44/h1,3-4,7-11,13-16,18-20,25-27,37,41,44,50H,2,5-6,12,17,21-24,28,47H2,(H,48,51,52)/t37-,41+,44+/m1/s1. The van der Waals surface area contributed by atoms with Gasteiger partial charge in [-0.3, -0.25) is 19.7 Å². The second-order valence-corrected chi connectivity index (χ2v) is 14.8. The molecule has 5 aromatic carbocycles. The van der Waals surface area contributed by atoms with Gasteiger partial charge in [-0.1, -0.05) is 60.7 Å². The van der Waals surface area contributed by atoms with Crippen molar-refractivity contribution in [3.8, 4) is 28.4 Å². The van der Waals surface area contributed by atoms with E-state index < -0.39 is 11.9 Å². The fourth-order valence-corrected chi connectivity index (χ4v) is 8.40. The molecule has 5 aromatic rings. The molecule has 9 heteroatoms. The predicted octanol–water partition coefficient (Wildman–Crippen LogP) is 7.89. The third kappa shape index (κ3) is 7.65. The van der Waals surface area contributed by atoms with Crippen molar-refractivity contribution in [2.45, 2.75) is 69.4 Å². The van der Waals surface area contributed by atoms with E-state index in [4.69, 9.17) is 15.2 Å². The number of nitrogens with two attached hydrogens (primary N) is 1. The van der Waals surface area contributed by atoms with Gasteiger partial charge in [0.1, 0.15) is 23.3 Å². The second kappa shape index (κ2) is 15.7. The molecule has 3 amide bonds. The van der Waals surface area contributed by atoms with Gasteiger partial charge in [0.05, 0.1) is 18.9 Å². The van der Waals surface area contributed by atoms with E-state index in [1.54, 1.807) is 17.0 Å². The van der Waals surface area contributed by atoms with E-state index in [1.165, 1.54) is 22.3 Å². The number of anilines is 1. The number of nitrogens with zero attached hydrogens (tertiary/aromatic N) is 1. The van der Waals surface area contributed by atoms with Gasteiger partial charge in [0.2, 0.25) is 11.8 Å². The van der Waals surface area contributed by atoms with Crippen molar-refractivity contribution < 1.29 is 29.0 Å². The van der Waals surface area contributed by atoms with E-state index in [1.807, 2.05) is 36.4 Å². The van der Waals surface area contributed by atoms with Crippen LogP contribution in [-0.2, 0) is 22.6 Å². The number of nitrogen functional groups attached to an aromatic ring is 1. The van der Waals surface area contributed by atoms with Gasteiger partial charge in [-0.2, -0.15) is 0 Å². The number of rotatable bonds is 12. The molecule has 8 rings (SSSR count). The molecule has 1 fully saturated rings. The van der Waals surface area contributed by atoms with Crippen LogP contribution in [0.3, 0.4) is 0 Å². The first-order valence-electron chi connectivity index (χ1n) is 19.2. The molecule has 0 bridgehead atoms. The van der Waals surface area contributed by atoms with Gasteiger partial charge < -0.3 is 25.2 Å². The number of phenolic OH excluding ortho intramolecular Hbond substituents is 1. The van der Waals surface area contributed by atoms with Crippen molar-refractivity contribution in [1.29, 1.82) is 0 Å². The number of carbonyl (C=O) groups is 3. The first-order chi connectivity index (χ1) is 26.8. The Balaban J connectivity index is 0.824. The van der Waals surface area contributed by atoms with E-state index in [0.29, 0.717) is 54.8 Å². The lowest BCUT2D eigenvalue weighted by molar-refractivity contribution is -0.136. The largest absolute Gasteiger partial charge is 0.508 e. The smallest absolute Gasteiger partial charge is 0.255 e. The van der Waals surface area contributed by atoms with Gasteiger partial charge in [0.15, 0.2) is 0 Å². The number of phenols is 1. The number of hydrogen-bond acceptors (Lipinski definition) is 7. The number of aryl methyl sites for hydroxylation is 1. The number of hydrogen-bond donors (Lipinski definition) is 3. The van der Waals surface area contributed by atoms with Crippen LogP contribution >= 0.6 is 0 Å². The summed E-state index contributed by atoms with van der Waals surface area (Å²) in [6.07, 6.45) is 5.20. The van der Waals surface area contributed by atoms with Crippen molar-refractivity contribution >= 4 is 23.4 Å². The first-order valence-corrected chi connectivity index (χ1v) is 19.2. The Labute approximate surface area is 321 Å². The summed E-state index contributed by atoms with van der Waals surface area (Å²) in [7, 11) is 0. The number of unbranched alkanes of at least 4 members (excludes halogenated alkanes) is 2. The predicted molar refractivity (Wildman–Crippen MR) is 211 cm³/mol. The number of ether oxygens (including phenoxy) is 2. The van der Waals surface area contributed by atoms with Crippen molar-refractivity contribution in [1.82, 2.24) is 10.2 Å². The van der Waals surface area contributed by atoms with Crippen molar-refractivity contribution in [2.24, 2.45) is 0 Å². The Kier molecular flexibility index (Phi) is 10.3. The van der Waals surface area contributed by atoms with E-state index in [2.05, 4.69) is 66.0 Å². The van der Waals surface area contributed by atoms with Crippen LogP contribution in [0, 0.1) is 0 Å². The number of amides is 3. The molecule has 0 spiro atoms. The summed E-state index contributed by atoms with van der Waals surface area (Å²) in [5.41, 5.74) is 15.2. The highest BCUT2D eigenvalue weighted by molar-refractivity contribution is 6.05. The third-order valence-electron chi connectivity index (χ3n) is 11.2. The van der Waals surface area contributed by atoms with Crippen LogP contribution in [0.25, 0.3) is 11.1 Å². The Hall–Kier alpha value is -6.09. The molecule has 0 radical (unpaired) electrons. The maximum absolute atomic E-state index is 13.1. The molecule has 0 saturated carbocycles. The number of aromatic hydroxyl groups is 1. The Bertz CT molecular complexity index is 2220. The summed E-state index contributed by atoms with van der Waals surface area (Å²) in [4.78, 5) is 38.7. The molecule has 0 unspecified atom stereocenters. The maximum atomic E-state index is 13.1. The molecule has 55 heavy (non-hydrogen) atoms. The molecular weight excluding hydrogens is 691 g/mol. The average Bonchev–Trinajstić information content (AvgIpc) is 3.53. The van der Waals surface area contributed by atoms with Crippen LogP contribution in [0.4, 0.5) is 5.69 Å². The lowest BCUT2D eigenvalue weighted by Crippen LogP contribution is -2.52. The Morgan fingerprint density at radius 2 is 1.49 bits per heavy atom. The van der Waals surface area contributed by atoms with Crippen LogP contribution in [0.2, 0.25) is 0 Å². The normalized spacial score (nSPS) is 19.1. The molecular formula is C46H45N3O6. The molecule has 4 N–H and O–H groups in total. The van der Waals surface area contributed by atoms with Crippen molar-refractivity contribution in [3.05, 3.63) is 143 Å². The van der Waals surface area contributed by atoms with Gasteiger partial charge in [-0.25, -0.2) is 0 Å². The van der Waals surface area contributed by atoms with Gasteiger partial charge in [0.25, 0.3) is 5.91 Å². The molecule has 1 saturated heterocycles. The quantitative estimate of drug-likeness (QED) is 0.0675. The summed E-state index contributed by atoms with van der Waals surface area (Å²) in [6.45, 7) is 1.45. The number of benzene rings is 5. The molecule has 2 aliphatic heterocycles. The Morgan fingerprint density at radius 3 is 2.29 bits per heavy atom. The van der Waals surface area contributed by atoms with Crippen LogP contribution in [0.5, 0.6) is 17.2 Å². The van der Waals surface area contributed by atoms with E-state index in [-0.39, 0.29) is 24.2 Å². The van der Waals surface area contributed by atoms with E-state index in [0.717, 1.165) is 54.5 Å². The van der Waals surface area contributed by atoms with Gasteiger partial charge in [-0.15, -0.1) is 0 Å². The van der Waals surface area contributed by atoms with Crippen molar-refractivity contribution in [2.75, 3.05) is 18.9 Å². The zero-order valence-corrected chi connectivity index (χ0v) is 30.7. The van der Waals surface area contributed by atoms with E-state index in [9.17, 15) is 19.5 Å². The zero-order chi connectivity index (χ0) is 37.9. The van der Waals surface area contributed by atoms with Gasteiger partial charge in [0, 0.05) is 24.4 Å². The molecule has 0 aromatic heterocycles. The minimum atomic E-state index is -0.646. The number of nitrogens with one attached hydrogen (secondary N) is 1. The number of fused-ring (bicyclic) bond motifs is 2. The average molecular weight is 736 g/mol. The first kappa shape index (κ1) is 35.9. The minimum Gasteiger partial charge on any atom is -0.508 e. The summed E-state index contributed by atoms with van der Waals surface area (Å²) in [6, 6.07) is 35.8. The summed E-state index contributed by atoms with van der Waals surface area (Å²) >= 11 is 0. The second-order valence-electron chi connectivity index (χ2n) is 14.8. The molecule has 3 atom stereocenters. The summed E-state index contributed by atoms with van der Waals surface area (Å²) in [5, 5.41) is 12.5. The lowest BCUT2D eigenvalue weighted by Gasteiger charge is -2.34. The van der Waals surface area contributed by atoms with Gasteiger partial charge >= 0.3 is 0 Å². The highest BCUT2D eigenvalue weighted by Gasteiger charge is 2.39. The zero-order valence-electron chi connectivity index (χ0n) is 30.7. The van der Waals surface area contributed by atoms with Crippen molar-refractivity contribution in [3.63, 3.8) is 0 Å². The van der Waals surface area contributed by atoms with Crippen LogP contribution in [0.1, 0.15) is 88.5 Å². The minimum absolute atomic E-state index is 0.192. The number of imide groups is 1. The molecule has 2 heterocycles. The molecule has 9 nitrogen and oxygen atoms in total. The lowest BCUT2D eigenvalue weighted by atomic mass is 9.69. The fourth-order valence-electron chi connectivity index (χ4n) is 8.40. The fraction of sp³-hybridized carbons (Fsp3) is 0.283. The van der Waals surface area contributed by atoms with Crippen LogP contribution in [-0.4, -0.2) is 47.0 Å². The topological polar surface area (TPSA) is 131 Å². The molecule has 1 aliphatic carbocycles. The third-order valence-corrected chi connectivity index (χ3v) is 11.2. The highest BCUT2D eigenvalue weighted by Crippen LogP contribution is 2.47. The number of carbonyl (C=O) groups excluding carboxylic acids is 3. The summed E-state index contributed by atoms with van der Waals surface area (Å²) in [5.74, 6) is 1.43. The molecule has 3 aliphatic rings.